The van der Waals surface area contributed by atoms with E-state index in [0.29, 0.717) is 24.7 Å². The number of hydrogen-bond donors (Lipinski definition) is 2. The number of rotatable bonds is 8. The standard InChI is InChI=1S/C28H44O5/c1-6-23(7-2)33-27(31)17-32-19(4)24-12-13-25-20(9-8-14-28(24,25)5)10-11-21-15-22(29)16-26(30)18(21)3/h10-11,19,22-26,29-30H,3,6-9,12-17H2,1-2,4-5H3/t19-,22+,24+,25-,26-,28+/m0/s1. The van der Waals surface area contributed by atoms with Crippen molar-refractivity contribution in [3.8, 4) is 0 Å². The normalized spacial score (nSPS) is 35.8. The molecule has 3 aliphatic rings. The van der Waals surface area contributed by atoms with E-state index in [1.54, 1.807) is 0 Å². The summed E-state index contributed by atoms with van der Waals surface area (Å²) in [7, 11) is 0. The van der Waals surface area contributed by atoms with Crippen LogP contribution in [0.3, 0.4) is 0 Å². The van der Waals surface area contributed by atoms with Gasteiger partial charge in [-0.2, -0.15) is 0 Å². The maximum atomic E-state index is 12.2. The first kappa shape index (κ1) is 26.2. The van der Waals surface area contributed by atoms with Crippen LogP contribution in [0, 0.1) is 17.3 Å². The Kier molecular flexibility index (Phi) is 8.99. The lowest BCUT2D eigenvalue weighted by atomic mass is 9.62. The van der Waals surface area contributed by atoms with E-state index in [-0.39, 0.29) is 30.2 Å². The lowest BCUT2D eigenvalue weighted by molar-refractivity contribution is -0.158. The second kappa shape index (κ2) is 11.3. The molecule has 0 aromatic carbocycles. The van der Waals surface area contributed by atoms with Crippen LogP contribution in [0.25, 0.3) is 0 Å². The van der Waals surface area contributed by atoms with Crippen LogP contribution in [-0.2, 0) is 14.3 Å². The fourth-order valence-corrected chi connectivity index (χ4v) is 6.51. The molecule has 3 fully saturated rings. The van der Waals surface area contributed by atoms with Crippen LogP contribution in [0.4, 0.5) is 0 Å². The largest absolute Gasteiger partial charge is 0.461 e. The number of ether oxygens (including phenoxy) is 2. The van der Waals surface area contributed by atoms with Crippen molar-refractivity contribution in [2.75, 3.05) is 6.61 Å². The fraction of sp³-hybridized carbons (Fsp3) is 0.750. The third-order valence-corrected chi connectivity index (χ3v) is 8.54. The Bertz CT molecular complexity index is 764. The Labute approximate surface area is 199 Å². The third-order valence-electron chi connectivity index (χ3n) is 8.54. The maximum absolute atomic E-state index is 12.2. The zero-order valence-electron chi connectivity index (χ0n) is 21.0. The minimum absolute atomic E-state index is 0.00961. The molecule has 3 rings (SSSR count). The summed E-state index contributed by atoms with van der Waals surface area (Å²) in [5.74, 6) is 0.652. The highest BCUT2D eigenvalue weighted by molar-refractivity contribution is 5.70. The first-order valence-corrected chi connectivity index (χ1v) is 13.0. The van der Waals surface area contributed by atoms with Gasteiger partial charge in [-0.25, -0.2) is 4.79 Å². The summed E-state index contributed by atoms with van der Waals surface area (Å²) >= 11 is 0. The number of allylic oxidation sites excluding steroid dienone is 3. The van der Waals surface area contributed by atoms with Crippen LogP contribution < -0.4 is 0 Å². The van der Waals surface area contributed by atoms with E-state index >= 15 is 0 Å². The second-order valence-corrected chi connectivity index (χ2v) is 10.6. The van der Waals surface area contributed by atoms with Gasteiger partial charge in [-0.1, -0.05) is 45.1 Å². The molecular weight excluding hydrogens is 416 g/mol. The fourth-order valence-electron chi connectivity index (χ4n) is 6.51. The Hall–Kier alpha value is -1.43. The van der Waals surface area contributed by atoms with Crippen LogP contribution in [0.15, 0.2) is 35.5 Å². The van der Waals surface area contributed by atoms with Crippen molar-refractivity contribution < 1.29 is 24.5 Å². The quantitative estimate of drug-likeness (QED) is 0.483. The van der Waals surface area contributed by atoms with Gasteiger partial charge in [0.25, 0.3) is 0 Å². The highest BCUT2D eigenvalue weighted by atomic mass is 16.6. The number of carbonyl (C=O) groups excluding carboxylic acids is 1. The van der Waals surface area contributed by atoms with E-state index in [4.69, 9.17) is 9.47 Å². The molecule has 0 radical (unpaired) electrons. The summed E-state index contributed by atoms with van der Waals surface area (Å²) in [6, 6.07) is 0. The van der Waals surface area contributed by atoms with Gasteiger partial charge in [-0.05, 0) is 86.7 Å². The molecule has 5 heteroatoms. The second-order valence-electron chi connectivity index (χ2n) is 10.6. The number of aliphatic hydroxyl groups is 2. The van der Waals surface area contributed by atoms with Crippen LogP contribution in [0.2, 0.25) is 0 Å². The van der Waals surface area contributed by atoms with Gasteiger partial charge in [0.1, 0.15) is 12.7 Å². The van der Waals surface area contributed by atoms with E-state index < -0.39 is 12.2 Å². The molecule has 33 heavy (non-hydrogen) atoms. The van der Waals surface area contributed by atoms with Crippen molar-refractivity contribution in [1.29, 1.82) is 0 Å². The monoisotopic (exact) mass is 460 g/mol. The molecule has 0 aromatic rings. The summed E-state index contributed by atoms with van der Waals surface area (Å²) in [5, 5.41) is 20.2. The van der Waals surface area contributed by atoms with E-state index in [9.17, 15) is 15.0 Å². The van der Waals surface area contributed by atoms with Crippen molar-refractivity contribution >= 4 is 5.97 Å². The van der Waals surface area contributed by atoms with Crippen molar-refractivity contribution in [2.45, 2.75) is 110 Å². The van der Waals surface area contributed by atoms with Gasteiger partial charge < -0.3 is 19.7 Å². The number of hydrogen-bond acceptors (Lipinski definition) is 5. The van der Waals surface area contributed by atoms with Gasteiger partial charge in [0.05, 0.1) is 18.3 Å². The first-order chi connectivity index (χ1) is 15.7. The highest BCUT2D eigenvalue weighted by Crippen LogP contribution is 2.58. The van der Waals surface area contributed by atoms with E-state index in [1.807, 2.05) is 13.8 Å². The Balaban J connectivity index is 1.65. The summed E-state index contributed by atoms with van der Waals surface area (Å²) in [5.41, 5.74) is 3.32. The predicted octanol–water partition coefficient (Wildman–Crippen LogP) is 5.26. The van der Waals surface area contributed by atoms with E-state index in [1.165, 1.54) is 12.0 Å². The summed E-state index contributed by atoms with van der Waals surface area (Å²) in [6.45, 7) is 12.6. The molecule has 0 aromatic heterocycles. The van der Waals surface area contributed by atoms with Gasteiger partial charge >= 0.3 is 5.97 Å². The van der Waals surface area contributed by atoms with Crippen LogP contribution in [0.1, 0.15) is 85.5 Å². The number of fused-ring (bicyclic) bond motifs is 1. The van der Waals surface area contributed by atoms with E-state index in [0.717, 1.165) is 49.7 Å². The molecular formula is C28H44O5. The van der Waals surface area contributed by atoms with Crippen molar-refractivity contribution in [3.05, 3.63) is 35.5 Å². The zero-order valence-corrected chi connectivity index (χ0v) is 21.0. The molecule has 2 N–H and O–H groups in total. The Morgan fingerprint density at radius 2 is 1.97 bits per heavy atom. The van der Waals surface area contributed by atoms with Gasteiger partial charge in [-0.3, -0.25) is 0 Å². The highest BCUT2D eigenvalue weighted by Gasteiger charge is 2.51. The predicted molar refractivity (Wildman–Crippen MR) is 131 cm³/mol. The minimum Gasteiger partial charge on any atom is -0.461 e. The van der Waals surface area contributed by atoms with E-state index in [2.05, 4.69) is 32.6 Å². The number of esters is 1. The van der Waals surface area contributed by atoms with Gasteiger partial charge in [0.15, 0.2) is 0 Å². The van der Waals surface area contributed by atoms with Gasteiger partial charge in [-0.15, -0.1) is 0 Å². The average molecular weight is 461 g/mol. The van der Waals surface area contributed by atoms with Crippen LogP contribution in [-0.4, -0.2) is 47.2 Å². The molecule has 0 unspecified atom stereocenters. The smallest absolute Gasteiger partial charge is 0.332 e. The molecule has 0 bridgehead atoms. The lowest BCUT2D eigenvalue weighted by Gasteiger charge is -2.44. The van der Waals surface area contributed by atoms with Crippen LogP contribution >= 0.6 is 0 Å². The number of aliphatic hydroxyl groups excluding tert-OH is 2. The van der Waals surface area contributed by atoms with Gasteiger partial charge in [0.2, 0.25) is 0 Å². The molecule has 0 spiro atoms. The molecule has 0 heterocycles. The van der Waals surface area contributed by atoms with Crippen LogP contribution in [0.5, 0.6) is 0 Å². The molecule has 0 amide bonds. The summed E-state index contributed by atoms with van der Waals surface area (Å²) in [6.07, 6.45) is 11.4. The molecule has 0 aliphatic heterocycles. The Morgan fingerprint density at radius 3 is 2.67 bits per heavy atom. The summed E-state index contributed by atoms with van der Waals surface area (Å²) < 4.78 is 11.5. The Morgan fingerprint density at radius 1 is 1.24 bits per heavy atom. The first-order valence-electron chi connectivity index (χ1n) is 13.0. The SMILES string of the molecule is C=C1C(=CC=C2CCC[C@]3(C)[C@@H]([C@H](C)OCC(=O)OC(CC)CC)CC[C@@H]23)C[C@@H](O)C[C@@H]1O. The van der Waals surface area contributed by atoms with Gasteiger partial charge in [0, 0.05) is 6.42 Å². The molecule has 186 valence electrons. The lowest BCUT2D eigenvalue weighted by Crippen LogP contribution is -2.39. The molecule has 5 nitrogen and oxygen atoms in total. The zero-order chi connectivity index (χ0) is 24.2. The average Bonchev–Trinajstić information content (AvgIpc) is 3.14. The van der Waals surface area contributed by atoms with Crippen molar-refractivity contribution in [1.82, 2.24) is 0 Å². The minimum atomic E-state index is -0.652. The summed E-state index contributed by atoms with van der Waals surface area (Å²) in [4.78, 5) is 12.2. The third kappa shape index (κ3) is 5.98. The molecule has 3 aliphatic carbocycles. The molecule has 6 atom stereocenters. The maximum Gasteiger partial charge on any atom is 0.332 e. The topological polar surface area (TPSA) is 76.0 Å². The molecule has 3 saturated carbocycles. The number of carbonyl (C=O) groups is 1. The van der Waals surface area contributed by atoms with Crippen molar-refractivity contribution in [2.24, 2.45) is 17.3 Å². The molecule has 0 saturated heterocycles. The van der Waals surface area contributed by atoms with Crippen molar-refractivity contribution in [3.63, 3.8) is 0 Å².